The SMILES string of the molecule is CCCc1nc2cccnc2n2cccc12. The molecule has 0 aliphatic carbocycles. The van der Waals surface area contributed by atoms with Crippen LogP contribution in [0.4, 0.5) is 0 Å². The Labute approximate surface area is 93.8 Å². The quantitative estimate of drug-likeness (QED) is 0.652. The molecule has 3 nitrogen and oxygen atoms in total. The fraction of sp³-hybridized carbons (Fsp3) is 0.231. The molecule has 3 rings (SSSR count). The average molecular weight is 211 g/mol. The first-order valence-corrected chi connectivity index (χ1v) is 5.61. The lowest BCUT2D eigenvalue weighted by Gasteiger charge is -2.06. The molecule has 0 bridgehead atoms. The Morgan fingerprint density at radius 2 is 2.19 bits per heavy atom. The van der Waals surface area contributed by atoms with Crippen molar-refractivity contribution < 1.29 is 0 Å². The van der Waals surface area contributed by atoms with Crippen LogP contribution in [-0.4, -0.2) is 14.4 Å². The summed E-state index contributed by atoms with van der Waals surface area (Å²) in [7, 11) is 0. The van der Waals surface area contributed by atoms with E-state index in [4.69, 9.17) is 0 Å². The molecule has 0 spiro atoms. The Balaban J connectivity index is 2.43. The third-order valence-electron chi connectivity index (χ3n) is 2.78. The lowest BCUT2D eigenvalue weighted by Crippen LogP contribution is -1.98. The van der Waals surface area contributed by atoms with Gasteiger partial charge in [-0.1, -0.05) is 13.3 Å². The third-order valence-corrected chi connectivity index (χ3v) is 2.78. The molecule has 0 atom stereocenters. The van der Waals surface area contributed by atoms with E-state index < -0.39 is 0 Å². The zero-order valence-corrected chi connectivity index (χ0v) is 9.22. The minimum Gasteiger partial charge on any atom is -0.298 e. The summed E-state index contributed by atoms with van der Waals surface area (Å²) in [5.74, 6) is 0. The van der Waals surface area contributed by atoms with Crippen molar-refractivity contribution in [3.63, 3.8) is 0 Å². The number of aryl methyl sites for hydroxylation is 1. The van der Waals surface area contributed by atoms with Crippen molar-refractivity contribution in [1.29, 1.82) is 0 Å². The van der Waals surface area contributed by atoms with Crippen molar-refractivity contribution >= 4 is 16.7 Å². The minimum atomic E-state index is 0.933. The first kappa shape index (κ1) is 9.33. The molecule has 0 amide bonds. The van der Waals surface area contributed by atoms with Gasteiger partial charge in [0.2, 0.25) is 0 Å². The highest BCUT2D eigenvalue weighted by Gasteiger charge is 2.07. The number of rotatable bonds is 2. The Morgan fingerprint density at radius 1 is 1.25 bits per heavy atom. The minimum absolute atomic E-state index is 0.933. The summed E-state index contributed by atoms with van der Waals surface area (Å²) in [6.45, 7) is 2.18. The molecule has 0 aliphatic rings. The van der Waals surface area contributed by atoms with Crippen LogP contribution in [0.5, 0.6) is 0 Å². The normalized spacial score (nSPS) is 11.3. The molecule has 0 fully saturated rings. The predicted octanol–water partition coefficient (Wildman–Crippen LogP) is 2.84. The van der Waals surface area contributed by atoms with E-state index in [1.807, 2.05) is 30.6 Å². The standard InChI is InChI=1S/C13H13N3/c1-2-5-10-12-7-4-9-16(12)13-11(15-10)6-3-8-14-13/h3-4,6-9H,2,5H2,1H3. The van der Waals surface area contributed by atoms with E-state index >= 15 is 0 Å². The topological polar surface area (TPSA) is 30.2 Å². The van der Waals surface area contributed by atoms with Gasteiger partial charge in [-0.25, -0.2) is 9.97 Å². The van der Waals surface area contributed by atoms with E-state index in [0.29, 0.717) is 0 Å². The maximum absolute atomic E-state index is 4.68. The van der Waals surface area contributed by atoms with Crippen LogP contribution in [0.1, 0.15) is 19.0 Å². The monoisotopic (exact) mass is 211 g/mol. The number of hydrogen-bond donors (Lipinski definition) is 0. The van der Waals surface area contributed by atoms with Crippen LogP contribution in [0.2, 0.25) is 0 Å². The largest absolute Gasteiger partial charge is 0.298 e. The summed E-state index contributed by atoms with van der Waals surface area (Å²) in [5, 5.41) is 0. The van der Waals surface area contributed by atoms with Gasteiger partial charge in [0.1, 0.15) is 5.52 Å². The molecule has 16 heavy (non-hydrogen) atoms. The molecule has 80 valence electrons. The first-order valence-electron chi connectivity index (χ1n) is 5.61. The van der Waals surface area contributed by atoms with Crippen LogP contribution in [-0.2, 0) is 6.42 Å². The fourth-order valence-corrected chi connectivity index (χ4v) is 2.09. The molecular formula is C13H13N3. The van der Waals surface area contributed by atoms with Crippen molar-refractivity contribution in [2.24, 2.45) is 0 Å². The Morgan fingerprint density at radius 3 is 3.06 bits per heavy atom. The van der Waals surface area contributed by atoms with Gasteiger partial charge >= 0.3 is 0 Å². The molecule has 3 heteroatoms. The zero-order valence-electron chi connectivity index (χ0n) is 9.22. The second-order valence-corrected chi connectivity index (χ2v) is 3.92. The Hall–Kier alpha value is -1.90. The van der Waals surface area contributed by atoms with Crippen LogP contribution in [0.3, 0.4) is 0 Å². The summed E-state index contributed by atoms with van der Waals surface area (Å²) < 4.78 is 2.12. The molecule has 0 radical (unpaired) electrons. The second-order valence-electron chi connectivity index (χ2n) is 3.92. The third kappa shape index (κ3) is 1.28. The van der Waals surface area contributed by atoms with Gasteiger partial charge in [0.05, 0.1) is 11.2 Å². The van der Waals surface area contributed by atoms with Crippen molar-refractivity contribution in [2.45, 2.75) is 19.8 Å². The Kier molecular flexibility index (Phi) is 2.10. The summed E-state index contributed by atoms with van der Waals surface area (Å²) in [6, 6.07) is 8.09. The smallest absolute Gasteiger partial charge is 0.163 e. The van der Waals surface area contributed by atoms with Gasteiger partial charge in [0.25, 0.3) is 0 Å². The van der Waals surface area contributed by atoms with Gasteiger partial charge in [0.15, 0.2) is 5.65 Å². The van der Waals surface area contributed by atoms with E-state index in [2.05, 4.69) is 27.4 Å². The summed E-state index contributed by atoms with van der Waals surface area (Å²) in [6.07, 6.45) is 5.98. The number of nitrogens with zero attached hydrogens (tertiary/aromatic N) is 3. The van der Waals surface area contributed by atoms with E-state index in [1.54, 1.807) is 0 Å². The summed E-state index contributed by atoms with van der Waals surface area (Å²) in [4.78, 5) is 9.07. The Bertz CT molecular complexity index is 640. The van der Waals surface area contributed by atoms with Gasteiger partial charge in [-0.3, -0.25) is 4.40 Å². The highest BCUT2D eigenvalue weighted by atomic mass is 15.0. The van der Waals surface area contributed by atoms with Crippen LogP contribution < -0.4 is 0 Å². The summed E-state index contributed by atoms with van der Waals surface area (Å²) in [5.41, 5.74) is 4.23. The predicted molar refractivity (Wildman–Crippen MR) is 64.5 cm³/mol. The number of fused-ring (bicyclic) bond motifs is 3. The maximum Gasteiger partial charge on any atom is 0.163 e. The zero-order chi connectivity index (χ0) is 11.0. The molecule has 0 saturated heterocycles. The van der Waals surface area contributed by atoms with Gasteiger partial charge < -0.3 is 0 Å². The van der Waals surface area contributed by atoms with Gasteiger partial charge in [0, 0.05) is 12.4 Å². The number of aromatic nitrogens is 3. The van der Waals surface area contributed by atoms with Gasteiger partial charge in [-0.15, -0.1) is 0 Å². The molecule has 0 aromatic carbocycles. The number of hydrogen-bond acceptors (Lipinski definition) is 2. The maximum atomic E-state index is 4.68. The van der Waals surface area contributed by atoms with E-state index in [1.165, 1.54) is 5.52 Å². The number of pyridine rings is 1. The lowest BCUT2D eigenvalue weighted by atomic mass is 10.2. The molecule has 3 heterocycles. The first-order chi connectivity index (χ1) is 7.90. The van der Waals surface area contributed by atoms with Crippen LogP contribution in [0.25, 0.3) is 16.7 Å². The molecular weight excluding hydrogens is 198 g/mol. The molecule has 0 N–H and O–H groups in total. The van der Waals surface area contributed by atoms with Crippen LogP contribution in [0, 0.1) is 0 Å². The summed E-state index contributed by atoms with van der Waals surface area (Å²) >= 11 is 0. The van der Waals surface area contributed by atoms with Gasteiger partial charge in [-0.2, -0.15) is 0 Å². The molecule has 3 aromatic heterocycles. The lowest BCUT2D eigenvalue weighted by molar-refractivity contribution is 0.889. The van der Waals surface area contributed by atoms with Crippen LogP contribution >= 0.6 is 0 Å². The molecule has 0 saturated carbocycles. The highest BCUT2D eigenvalue weighted by Crippen LogP contribution is 2.17. The van der Waals surface area contributed by atoms with E-state index in [-0.39, 0.29) is 0 Å². The van der Waals surface area contributed by atoms with E-state index in [0.717, 1.165) is 29.7 Å². The molecule has 0 unspecified atom stereocenters. The van der Waals surface area contributed by atoms with Crippen LogP contribution in [0.15, 0.2) is 36.7 Å². The van der Waals surface area contributed by atoms with Crippen molar-refractivity contribution in [3.8, 4) is 0 Å². The molecule has 3 aromatic rings. The van der Waals surface area contributed by atoms with Crippen molar-refractivity contribution in [2.75, 3.05) is 0 Å². The van der Waals surface area contributed by atoms with Gasteiger partial charge in [-0.05, 0) is 30.7 Å². The highest BCUT2D eigenvalue weighted by molar-refractivity contribution is 5.75. The van der Waals surface area contributed by atoms with E-state index in [9.17, 15) is 0 Å². The van der Waals surface area contributed by atoms with Crippen molar-refractivity contribution in [1.82, 2.24) is 14.4 Å². The fourth-order valence-electron chi connectivity index (χ4n) is 2.09. The average Bonchev–Trinajstić information content (AvgIpc) is 2.79. The second kappa shape index (κ2) is 3.59. The van der Waals surface area contributed by atoms with Crippen molar-refractivity contribution in [3.05, 3.63) is 42.4 Å². The molecule has 0 aliphatic heterocycles.